The molecule has 1 heterocycles. The summed E-state index contributed by atoms with van der Waals surface area (Å²) in [6.07, 6.45) is 0. The molecule has 34 heavy (non-hydrogen) atoms. The number of carbonyl (C=O) groups is 1. The molecule has 8 heteroatoms. The van der Waals surface area contributed by atoms with Crippen molar-refractivity contribution in [2.45, 2.75) is 12.8 Å². The van der Waals surface area contributed by atoms with Crippen molar-refractivity contribution < 1.29 is 19.4 Å². The molecule has 8 nitrogen and oxygen atoms in total. The molecular weight excluding hydrogens is 432 g/mol. The van der Waals surface area contributed by atoms with Gasteiger partial charge in [-0.3, -0.25) is 15.6 Å². The number of aromatic hydroxyl groups is 1. The van der Waals surface area contributed by atoms with Crippen molar-refractivity contribution in [3.05, 3.63) is 95.4 Å². The van der Waals surface area contributed by atoms with Crippen LogP contribution in [0.5, 0.6) is 17.2 Å². The number of phenolic OH excluding ortho intramolecular Hbond substituents is 1. The van der Waals surface area contributed by atoms with Crippen LogP contribution in [0.4, 0.5) is 5.69 Å². The Morgan fingerprint density at radius 1 is 1.12 bits per heavy atom. The minimum absolute atomic E-state index is 0.0142. The summed E-state index contributed by atoms with van der Waals surface area (Å²) in [6, 6.07) is 23.5. The van der Waals surface area contributed by atoms with Crippen molar-refractivity contribution >= 4 is 17.3 Å². The number of aliphatic imine (C=N–C) groups is 1. The number of nitrogens with zero attached hydrogens (tertiary/aromatic N) is 2. The van der Waals surface area contributed by atoms with Crippen molar-refractivity contribution in [2.75, 3.05) is 12.5 Å². The first-order chi connectivity index (χ1) is 16.5. The maximum Gasteiger partial charge on any atom is 0.236 e. The van der Waals surface area contributed by atoms with E-state index in [1.54, 1.807) is 43.5 Å². The first kappa shape index (κ1) is 22.4. The summed E-state index contributed by atoms with van der Waals surface area (Å²) in [5, 5.41) is 20.0. The van der Waals surface area contributed by atoms with Gasteiger partial charge in [-0.25, -0.2) is 0 Å². The van der Waals surface area contributed by atoms with E-state index in [0.29, 0.717) is 22.7 Å². The Balaban J connectivity index is 1.73. The molecule has 3 aromatic carbocycles. The molecule has 0 aromatic heterocycles. The summed E-state index contributed by atoms with van der Waals surface area (Å²) in [5.41, 5.74) is 8.19. The number of hydrogen-bond donors (Lipinski definition) is 3. The number of nitriles is 1. The Morgan fingerprint density at radius 3 is 2.50 bits per heavy atom. The minimum Gasteiger partial charge on any atom is -0.508 e. The number of amidine groups is 1. The number of ether oxygens (including phenoxy) is 2. The predicted molar refractivity (Wildman–Crippen MR) is 128 cm³/mol. The van der Waals surface area contributed by atoms with Crippen LogP contribution in [0.1, 0.15) is 24.0 Å². The molecule has 1 atom stereocenters. The number of allylic oxidation sites excluding steroid dienone is 1. The van der Waals surface area contributed by atoms with Crippen LogP contribution in [-0.2, 0) is 4.79 Å². The van der Waals surface area contributed by atoms with Crippen LogP contribution < -0.4 is 20.3 Å². The van der Waals surface area contributed by atoms with E-state index in [9.17, 15) is 15.2 Å². The third kappa shape index (κ3) is 4.69. The van der Waals surface area contributed by atoms with Crippen LogP contribution >= 0.6 is 0 Å². The normalized spacial score (nSPS) is 15.0. The second kappa shape index (κ2) is 9.79. The van der Waals surface area contributed by atoms with Gasteiger partial charge < -0.3 is 14.6 Å². The highest BCUT2D eigenvalue weighted by molar-refractivity contribution is 6.38. The highest BCUT2D eigenvalue weighted by Gasteiger charge is 2.32. The second-order valence-corrected chi connectivity index (χ2v) is 7.49. The van der Waals surface area contributed by atoms with E-state index in [1.165, 1.54) is 13.0 Å². The molecule has 1 aliphatic heterocycles. The second-order valence-electron chi connectivity index (χ2n) is 7.49. The van der Waals surface area contributed by atoms with Gasteiger partial charge in [0.15, 0.2) is 11.6 Å². The highest BCUT2D eigenvalue weighted by Crippen LogP contribution is 2.44. The number of rotatable bonds is 6. The van der Waals surface area contributed by atoms with Gasteiger partial charge in [0.25, 0.3) is 0 Å². The van der Waals surface area contributed by atoms with E-state index < -0.39 is 5.92 Å². The first-order valence-electron chi connectivity index (χ1n) is 10.5. The largest absolute Gasteiger partial charge is 0.508 e. The number of hydrogen-bond acceptors (Lipinski definition) is 7. The molecule has 0 saturated heterocycles. The van der Waals surface area contributed by atoms with Gasteiger partial charge in [-0.2, -0.15) is 10.3 Å². The molecule has 0 bridgehead atoms. The molecule has 0 fully saturated rings. The number of fused-ring (bicyclic) bond motifs is 1. The minimum atomic E-state index is -0.475. The molecule has 0 saturated carbocycles. The number of Topliss-reactive ketones (excluding diaryl/α,β-unsaturated/α-hetero) is 1. The molecule has 0 amide bonds. The summed E-state index contributed by atoms with van der Waals surface area (Å²) in [6.45, 7) is 1.35. The molecule has 1 aliphatic rings. The Hall–Kier alpha value is -4.77. The van der Waals surface area contributed by atoms with Crippen molar-refractivity contribution in [3.8, 4) is 23.3 Å². The van der Waals surface area contributed by atoms with Gasteiger partial charge in [0, 0.05) is 18.6 Å². The van der Waals surface area contributed by atoms with Crippen LogP contribution in [0, 0.1) is 11.3 Å². The number of ketones is 1. The highest BCUT2D eigenvalue weighted by atomic mass is 16.5. The molecule has 0 spiro atoms. The maximum absolute atomic E-state index is 12.3. The van der Waals surface area contributed by atoms with Gasteiger partial charge in [0.1, 0.15) is 28.9 Å². The maximum atomic E-state index is 12.3. The number of nitrogens with one attached hydrogen (secondary N) is 2. The number of anilines is 1. The third-order valence-electron chi connectivity index (χ3n) is 5.25. The molecule has 170 valence electrons. The summed E-state index contributed by atoms with van der Waals surface area (Å²) >= 11 is 0. The Labute approximate surface area is 196 Å². The van der Waals surface area contributed by atoms with Crippen LogP contribution in [0.15, 0.2) is 89.2 Å². The zero-order valence-corrected chi connectivity index (χ0v) is 18.6. The van der Waals surface area contributed by atoms with Crippen LogP contribution in [0.2, 0.25) is 0 Å². The number of methoxy groups -OCH3 is 1. The van der Waals surface area contributed by atoms with Gasteiger partial charge in [-0.05, 0) is 35.9 Å². The Bertz CT molecular complexity index is 1310. The topological polar surface area (TPSA) is 116 Å². The fourth-order valence-electron chi connectivity index (χ4n) is 3.58. The summed E-state index contributed by atoms with van der Waals surface area (Å²) < 4.78 is 11.0. The molecule has 3 N–H and O–H groups in total. The van der Waals surface area contributed by atoms with Crippen molar-refractivity contribution in [1.82, 2.24) is 5.43 Å². The summed E-state index contributed by atoms with van der Waals surface area (Å²) in [4.78, 5) is 16.7. The molecule has 0 aliphatic carbocycles. The van der Waals surface area contributed by atoms with E-state index in [2.05, 4.69) is 21.9 Å². The van der Waals surface area contributed by atoms with Gasteiger partial charge in [0.2, 0.25) is 5.88 Å². The monoisotopic (exact) mass is 454 g/mol. The Kier molecular flexibility index (Phi) is 6.46. The lowest BCUT2D eigenvalue weighted by Crippen LogP contribution is -2.35. The third-order valence-corrected chi connectivity index (χ3v) is 5.25. The van der Waals surface area contributed by atoms with Gasteiger partial charge >= 0.3 is 0 Å². The molecule has 4 rings (SSSR count). The van der Waals surface area contributed by atoms with E-state index in [-0.39, 0.29) is 28.8 Å². The van der Waals surface area contributed by atoms with Crippen molar-refractivity contribution in [3.63, 3.8) is 0 Å². The van der Waals surface area contributed by atoms with E-state index >= 15 is 0 Å². The first-order valence-corrected chi connectivity index (χ1v) is 10.5. The lowest BCUT2D eigenvalue weighted by atomic mass is 9.83. The van der Waals surface area contributed by atoms with Crippen molar-refractivity contribution in [2.24, 2.45) is 4.99 Å². The molecule has 0 radical (unpaired) electrons. The fourth-order valence-corrected chi connectivity index (χ4v) is 3.58. The van der Waals surface area contributed by atoms with Crippen LogP contribution in [0.3, 0.4) is 0 Å². The average Bonchev–Trinajstić information content (AvgIpc) is 2.86. The SMILES string of the molecule is COc1ccc(NN/C(=N/C2=C(C#N)C(c3ccccc3)c3ccc(O)cc3O2)C(C)=O)cc1. The molecular formula is C26H22N4O4. The summed E-state index contributed by atoms with van der Waals surface area (Å²) in [7, 11) is 1.58. The smallest absolute Gasteiger partial charge is 0.236 e. The number of carbonyl (C=O) groups excluding carboxylic acids is 1. The number of hydrazine groups is 1. The quantitative estimate of drug-likeness (QED) is 0.289. The predicted octanol–water partition coefficient (Wildman–Crippen LogP) is 4.26. The molecule has 3 aromatic rings. The Morgan fingerprint density at radius 2 is 1.85 bits per heavy atom. The van der Waals surface area contributed by atoms with Gasteiger partial charge in [-0.15, -0.1) is 0 Å². The van der Waals surface area contributed by atoms with Crippen LogP contribution in [0.25, 0.3) is 0 Å². The summed E-state index contributed by atoms with van der Waals surface area (Å²) in [5.74, 6) is 0.152. The average molecular weight is 454 g/mol. The zero-order chi connectivity index (χ0) is 24.1. The standard InChI is InChI=1S/C26H22N4O4/c1-16(31)25(30-29-18-8-11-20(33-2)12-9-18)28-26-22(15-27)24(17-6-4-3-5-7-17)21-13-10-19(32)14-23(21)34-26/h3-14,24,29,32H,1-2H3,(H,28,30). The fraction of sp³-hybridized carbons (Fsp3) is 0.115. The number of benzene rings is 3. The van der Waals surface area contributed by atoms with E-state index in [4.69, 9.17) is 9.47 Å². The lowest BCUT2D eigenvalue weighted by molar-refractivity contribution is -0.111. The van der Waals surface area contributed by atoms with Gasteiger partial charge in [-0.1, -0.05) is 36.4 Å². The zero-order valence-electron chi connectivity index (χ0n) is 18.6. The lowest BCUT2D eigenvalue weighted by Gasteiger charge is -2.26. The van der Waals surface area contributed by atoms with Gasteiger partial charge in [0.05, 0.1) is 18.7 Å². The van der Waals surface area contributed by atoms with E-state index in [0.717, 1.165) is 5.56 Å². The van der Waals surface area contributed by atoms with Crippen LogP contribution in [-0.4, -0.2) is 23.8 Å². The van der Waals surface area contributed by atoms with E-state index in [1.807, 2.05) is 30.3 Å². The van der Waals surface area contributed by atoms with Crippen molar-refractivity contribution in [1.29, 1.82) is 5.26 Å². The molecule has 1 unspecified atom stereocenters. The number of phenols is 1.